The first-order valence-corrected chi connectivity index (χ1v) is 9.22. The van der Waals surface area contributed by atoms with Crippen LogP contribution in [0.3, 0.4) is 0 Å². The molecule has 0 bridgehead atoms. The highest BCUT2D eigenvalue weighted by Crippen LogP contribution is 2.29. The van der Waals surface area contributed by atoms with Crippen molar-refractivity contribution in [1.29, 1.82) is 0 Å². The van der Waals surface area contributed by atoms with Gasteiger partial charge >= 0.3 is 0 Å². The van der Waals surface area contributed by atoms with E-state index in [2.05, 4.69) is 41.0 Å². The summed E-state index contributed by atoms with van der Waals surface area (Å²) in [5, 5.41) is 10.7. The predicted molar refractivity (Wildman–Crippen MR) is 103 cm³/mol. The summed E-state index contributed by atoms with van der Waals surface area (Å²) in [6.45, 7) is 6.00. The van der Waals surface area contributed by atoms with Crippen molar-refractivity contribution in [2.75, 3.05) is 36.8 Å². The van der Waals surface area contributed by atoms with Crippen molar-refractivity contribution in [1.82, 2.24) is 4.90 Å². The van der Waals surface area contributed by atoms with E-state index in [0.717, 1.165) is 50.4 Å². The van der Waals surface area contributed by atoms with Crippen LogP contribution in [-0.4, -0.2) is 48.3 Å². The number of nitrogens with zero attached hydrogens (tertiary/aromatic N) is 2. The number of aryl methyl sites for hydroxylation is 1. The SMILES string of the molecule is Cc1cccc2c1CC(O)C(N1CCN(c3ccccc3N)CC1)C2. The Morgan fingerprint density at radius 2 is 1.72 bits per heavy atom. The average molecular weight is 337 g/mol. The van der Waals surface area contributed by atoms with Crippen LogP contribution < -0.4 is 10.6 Å². The lowest BCUT2D eigenvalue weighted by molar-refractivity contribution is 0.0394. The minimum absolute atomic E-state index is 0.226. The fraction of sp³-hybridized carbons (Fsp3) is 0.429. The predicted octanol–water partition coefficient (Wildman–Crippen LogP) is 2.23. The van der Waals surface area contributed by atoms with Gasteiger partial charge in [-0.25, -0.2) is 0 Å². The molecule has 1 fully saturated rings. The molecule has 25 heavy (non-hydrogen) atoms. The van der Waals surface area contributed by atoms with E-state index < -0.39 is 0 Å². The third-order valence-corrected chi connectivity index (χ3v) is 5.85. The summed E-state index contributed by atoms with van der Waals surface area (Å²) in [7, 11) is 0. The largest absolute Gasteiger partial charge is 0.397 e. The lowest BCUT2D eigenvalue weighted by Crippen LogP contribution is -2.56. The third kappa shape index (κ3) is 3.12. The Morgan fingerprint density at radius 1 is 0.960 bits per heavy atom. The van der Waals surface area contributed by atoms with Crippen LogP contribution in [0.2, 0.25) is 0 Å². The van der Waals surface area contributed by atoms with E-state index in [1.165, 1.54) is 16.7 Å². The number of aliphatic hydroxyl groups excluding tert-OH is 1. The zero-order valence-electron chi connectivity index (χ0n) is 14.9. The van der Waals surface area contributed by atoms with Crippen LogP contribution in [0.25, 0.3) is 0 Å². The molecule has 2 aliphatic rings. The Morgan fingerprint density at radius 3 is 2.48 bits per heavy atom. The standard InChI is InChI=1S/C21H27N3O/c1-15-5-4-6-16-13-20(21(25)14-17(15)16)24-11-9-23(10-12-24)19-8-3-2-7-18(19)22/h2-8,20-21,25H,9-14,22H2,1H3. The lowest BCUT2D eigenvalue weighted by Gasteiger charge is -2.44. The van der Waals surface area contributed by atoms with E-state index in [1.807, 2.05) is 18.2 Å². The summed E-state index contributed by atoms with van der Waals surface area (Å²) < 4.78 is 0. The van der Waals surface area contributed by atoms with Gasteiger partial charge in [0.2, 0.25) is 0 Å². The molecule has 2 aromatic rings. The molecule has 3 N–H and O–H groups in total. The van der Waals surface area contributed by atoms with E-state index in [-0.39, 0.29) is 12.1 Å². The van der Waals surface area contributed by atoms with Crippen LogP contribution in [0.15, 0.2) is 42.5 Å². The number of rotatable bonds is 2. The van der Waals surface area contributed by atoms with Crippen molar-refractivity contribution in [2.24, 2.45) is 0 Å². The Labute approximate surface area is 149 Å². The normalized spacial score (nSPS) is 24.2. The molecule has 4 rings (SSSR count). The fourth-order valence-corrected chi connectivity index (χ4v) is 4.40. The highest BCUT2D eigenvalue weighted by Gasteiger charge is 2.33. The van der Waals surface area contributed by atoms with Crippen LogP contribution in [0.1, 0.15) is 16.7 Å². The molecule has 0 spiro atoms. The number of aliphatic hydroxyl groups is 1. The summed E-state index contributed by atoms with van der Waals surface area (Å²) in [4.78, 5) is 4.82. The molecule has 0 radical (unpaired) electrons. The van der Waals surface area contributed by atoms with Gasteiger partial charge in [0.05, 0.1) is 17.5 Å². The summed E-state index contributed by atoms with van der Waals surface area (Å²) in [5.74, 6) is 0. The number of benzene rings is 2. The molecular formula is C21H27N3O. The molecule has 0 saturated carbocycles. The van der Waals surface area contributed by atoms with Gasteiger partial charge in [0.15, 0.2) is 0 Å². The molecule has 2 aromatic carbocycles. The lowest BCUT2D eigenvalue weighted by atomic mass is 9.83. The molecule has 1 aliphatic carbocycles. The first-order chi connectivity index (χ1) is 12.1. The fourth-order valence-electron chi connectivity index (χ4n) is 4.40. The molecule has 0 amide bonds. The smallest absolute Gasteiger partial charge is 0.0739 e. The molecule has 1 heterocycles. The molecule has 2 unspecified atom stereocenters. The Bertz CT molecular complexity index is 753. The van der Waals surface area contributed by atoms with Gasteiger partial charge < -0.3 is 15.7 Å². The Hall–Kier alpha value is -2.04. The summed E-state index contributed by atoms with van der Waals surface area (Å²) in [5.41, 5.74) is 12.2. The molecule has 4 nitrogen and oxygen atoms in total. The van der Waals surface area contributed by atoms with Gasteiger partial charge in [0.1, 0.15) is 0 Å². The van der Waals surface area contributed by atoms with Crippen LogP contribution in [0.5, 0.6) is 0 Å². The number of hydrogen-bond acceptors (Lipinski definition) is 4. The van der Waals surface area contributed by atoms with Gasteiger partial charge in [0.25, 0.3) is 0 Å². The molecule has 2 atom stereocenters. The molecular weight excluding hydrogens is 310 g/mol. The number of nitrogens with two attached hydrogens (primary N) is 1. The van der Waals surface area contributed by atoms with E-state index in [4.69, 9.17) is 5.73 Å². The molecule has 1 saturated heterocycles. The molecule has 0 aromatic heterocycles. The second-order valence-electron chi connectivity index (χ2n) is 7.34. The zero-order chi connectivity index (χ0) is 17.4. The summed E-state index contributed by atoms with van der Waals surface area (Å²) >= 11 is 0. The molecule has 4 heteroatoms. The van der Waals surface area contributed by atoms with Gasteiger partial charge in [-0.2, -0.15) is 0 Å². The Balaban J connectivity index is 1.45. The second kappa shape index (κ2) is 6.70. The van der Waals surface area contributed by atoms with E-state index >= 15 is 0 Å². The average Bonchev–Trinajstić information content (AvgIpc) is 2.63. The van der Waals surface area contributed by atoms with E-state index in [1.54, 1.807) is 0 Å². The maximum Gasteiger partial charge on any atom is 0.0739 e. The van der Waals surface area contributed by atoms with Gasteiger partial charge in [-0.05, 0) is 42.2 Å². The van der Waals surface area contributed by atoms with Crippen molar-refractivity contribution >= 4 is 11.4 Å². The monoisotopic (exact) mass is 337 g/mol. The summed E-state index contributed by atoms with van der Waals surface area (Å²) in [6.07, 6.45) is 1.45. The van der Waals surface area contributed by atoms with Crippen molar-refractivity contribution in [2.45, 2.75) is 31.9 Å². The van der Waals surface area contributed by atoms with E-state index in [0.29, 0.717) is 0 Å². The van der Waals surface area contributed by atoms with Crippen LogP contribution >= 0.6 is 0 Å². The molecule has 1 aliphatic heterocycles. The van der Waals surface area contributed by atoms with Gasteiger partial charge in [-0.3, -0.25) is 4.90 Å². The second-order valence-corrected chi connectivity index (χ2v) is 7.34. The third-order valence-electron chi connectivity index (χ3n) is 5.85. The minimum Gasteiger partial charge on any atom is -0.397 e. The number of anilines is 2. The Kier molecular flexibility index (Phi) is 4.40. The number of piperazine rings is 1. The van der Waals surface area contributed by atoms with Crippen molar-refractivity contribution in [3.63, 3.8) is 0 Å². The van der Waals surface area contributed by atoms with Crippen LogP contribution in [0, 0.1) is 6.92 Å². The first-order valence-electron chi connectivity index (χ1n) is 9.22. The van der Waals surface area contributed by atoms with Crippen molar-refractivity contribution in [3.8, 4) is 0 Å². The van der Waals surface area contributed by atoms with Gasteiger partial charge in [-0.15, -0.1) is 0 Å². The number of hydrogen-bond donors (Lipinski definition) is 2. The van der Waals surface area contributed by atoms with Gasteiger partial charge in [0, 0.05) is 38.6 Å². The first kappa shape index (κ1) is 16.4. The number of para-hydroxylation sites is 2. The summed E-state index contributed by atoms with van der Waals surface area (Å²) in [6, 6.07) is 14.8. The maximum atomic E-state index is 10.7. The van der Waals surface area contributed by atoms with E-state index in [9.17, 15) is 5.11 Å². The van der Waals surface area contributed by atoms with Gasteiger partial charge in [-0.1, -0.05) is 30.3 Å². The minimum atomic E-state index is -0.276. The topological polar surface area (TPSA) is 52.7 Å². The molecule has 132 valence electrons. The highest BCUT2D eigenvalue weighted by molar-refractivity contribution is 5.67. The van der Waals surface area contributed by atoms with Crippen molar-refractivity contribution in [3.05, 3.63) is 59.2 Å². The quantitative estimate of drug-likeness (QED) is 0.825. The van der Waals surface area contributed by atoms with Crippen LogP contribution in [-0.2, 0) is 12.8 Å². The maximum absolute atomic E-state index is 10.7. The highest BCUT2D eigenvalue weighted by atomic mass is 16.3. The number of fused-ring (bicyclic) bond motifs is 1. The number of nitrogen functional groups attached to an aromatic ring is 1. The zero-order valence-corrected chi connectivity index (χ0v) is 14.9. The van der Waals surface area contributed by atoms with Crippen LogP contribution in [0.4, 0.5) is 11.4 Å². The van der Waals surface area contributed by atoms with Crippen molar-refractivity contribution < 1.29 is 5.11 Å².